The van der Waals surface area contributed by atoms with Crippen LogP contribution in [0.3, 0.4) is 0 Å². The number of nitrogens with zero attached hydrogens (tertiary/aromatic N) is 4. The van der Waals surface area contributed by atoms with E-state index in [1.165, 1.54) is 24.1 Å². The Bertz CT molecular complexity index is 1090. The number of hydrogen-bond acceptors (Lipinski definition) is 8. The van der Waals surface area contributed by atoms with E-state index in [0.29, 0.717) is 28.5 Å². The van der Waals surface area contributed by atoms with Crippen LogP contribution in [0.2, 0.25) is 0 Å². The van der Waals surface area contributed by atoms with Crippen molar-refractivity contribution >= 4 is 11.6 Å². The van der Waals surface area contributed by atoms with Gasteiger partial charge in [-0.3, -0.25) is 14.9 Å². The molecule has 0 aliphatic carbocycles. The lowest BCUT2D eigenvalue weighted by atomic mass is 10.1. The Morgan fingerprint density at radius 3 is 2.60 bits per heavy atom. The molecular formula is C20H20N4O6. The first kappa shape index (κ1) is 20.8. The predicted octanol–water partition coefficient (Wildman–Crippen LogP) is 3.24. The molecule has 30 heavy (non-hydrogen) atoms. The molecule has 156 valence electrons. The molecule has 1 heterocycles. The lowest BCUT2D eigenvalue weighted by Gasteiger charge is -2.16. The van der Waals surface area contributed by atoms with E-state index in [1.54, 1.807) is 45.3 Å². The summed E-state index contributed by atoms with van der Waals surface area (Å²) < 4.78 is 15.7. The quantitative estimate of drug-likeness (QED) is 0.428. The number of aromatic nitrogens is 2. The minimum Gasteiger partial charge on any atom is -0.493 e. The number of carbonyl (C=O) groups is 1. The lowest BCUT2D eigenvalue weighted by Crippen LogP contribution is -2.27. The van der Waals surface area contributed by atoms with Crippen molar-refractivity contribution in [2.75, 3.05) is 21.3 Å². The van der Waals surface area contributed by atoms with Crippen LogP contribution in [0.5, 0.6) is 11.5 Å². The molecule has 0 unspecified atom stereocenters. The van der Waals surface area contributed by atoms with Crippen LogP contribution in [0, 0.1) is 17.0 Å². The van der Waals surface area contributed by atoms with Gasteiger partial charge < -0.3 is 18.9 Å². The number of hydrogen-bond donors (Lipinski definition) is 0. The molecule has 0 atom stereocenters. The molecule has 3 rings (SSSR count). The molecule has 10 heteroatoms. The van der Waals surface area contributed by atoms with Crippen molar-refractivity contribution < 1.29 is 23.7 Å². The molecule has 10 nitrogen and oxygen atoms in total. The number of amides is 1. The number of nitro groups is 1. The van der Waals surface area contributed by atoms with Gasteiger partial charge in [-0.05, 0) is 31.2 Å². The minimum atomic E-state index is -0.514. The van der Waals surface area contributed by atoms with Gasteiger partial charge >= 0.3 is 0 Å². The van der Waals surface area contributed by atoms with E-state index in [-0.39, 0.29) is 29.6 Å². The van der Waals surface area contributed by atoms with Crippen LogP contribution in [0.25, 0.3) is 11.4 Å². The van der Waals surface area contributed by atoms with E-state index in [9.17, 15) is 14.9 Å². The van der Waals surface area contributed by atoms with Crippen molar-refractivity contribution in [3.05, 3.63) is 63.5 Å². The van der Waals surface area contributed by atoms with Crippen LogP contribution in [-0.4, -0.2) is 47.1 Å². The molecule has 0 aliphatic rings. The maximum absolute atomic E-state index is 12.8. The molecule has 0 N–H and O–H groups in total. The fraction of sp³-hybridized carbons (Fsp3) is 0.250. The van der Waals surface area contributed by atoms with Gasteiger partial charge in [0.15, 0.2) is 11.5 Å². The first-order chi connectivity index (χ1) is 14.3. The van der Waals surface area contributed by atoms with Crippen molar-refractivity contribution in [1.29, 1.82) is 0 Å². The normalized spacial score (nSPS) is 10.5. The zero-order chi connectivity index (χ0) is 21.8. The molecule has 1 aromatic heterocycles. The van der Waals surface area contributed by atoms with Crippen molar-refractivity contribution in [3.8, 4) is 22.9 Å². The number of carbonyl (C=O) groups excluding carboxylic acids is 1. The van der Waals surface area contributed by atoms with Gasteiger partial charge in [0.05, 0.1) is 25.7 Å². The van der Waals surface area contributed by atoms with E-state index in [1.807, 2.05) is 0 Å². The van der Waals surface area contributed by atoms with Crippen molar-refractivity contribution in [1.82, 2.24) is 15.0 Å². The van der Waals surface area contributed by atoms with Gasteiger partial charge in [0, 0.05) is 29.8 Å². The second-order valence-electron chi connectivity index (χ2n) is 6.45. The maximum atomic E-state index is 12.8. The van der Waals surface area contributed by atoms with Gasteiger partial charge in [-0.2, -0.15) is 4.98 Å². The summed E-state index contributed by atoms with van der Waals surface area (Å²) in [5.74, 6) is 1.26. The van der Waals surface area contributed by atoms with E-state index in [4.69, 9.17) is 14.0 Å². The van der Waals surface area contributed by atoms with Crippen molar-refractivity contribution in [2.45, 2.75) is 13.5 Å². The largest absolute Gasteiger partial charge is 0.493 e. The summed E-state index contributed by atoms with van der Waals surface area (Å²) in [4.78, 5) is 29.0. The van der Waals surface area contributed by atoms with Gasteiger partial charge in [0.1, 0.15) is 0 Å². The Labute approximate surface area is 172 Å². The highest BCUT2D eigenvalue weighted by Crippen LogP contribution is 2.31. The number of nitro benzene ring substituents is 1. The minimum absolute atomic E-state index is 0.0429. The number of rotatable bonds is 7. The monoisotopic (exact) mass is 412 g/mol. The molecule has 1 amide bonds. The SMILES string of the molecule is COc1ccc(-c2noc(CN(C)C(=O)c3cccc([N+](=O)[O-])c3C)n2)cc1OC. The van der Waals surface area contributed by atoms with E-state index in [2.05, 4.69) is 10.1 Å². The average Bonchev–Trinajstić information content (AvgIpc) is 3.21. The van der Waals surface area contributed by atoms with Gasteiger partial charge in [0.25, 0.3) is 11.6 Å². The van der Waals surface area contributed by atoms with Gasteiger partial charge in [-0.25, -0.2) is 0 Å². The third-order valence-corrected chi connectivity index (χ3v) is 4.56. The highest BCUT2D eigenvalue weighted by Gasteiger charge is 2.22. The molecule has 0 spiro atoms. The van der Waals surface area contributed by atoms with Crippen LogP contribution in [0.1, 0.15) is 21.8 Å². The Morgan fingerprint density at radius 1 is 1.20 bits per heavy atom. The summed E-state index contributed by atoms with van der Waals surface area (Å²) in [7, 11) is 4.63. The predicted molar refractivity (Wildman–Crippen MR) is 106 cm³/mol. The highest BCUT2D eigenvalue weighted by atomic mass is 16.6. The smallest absolute Gasteiger partial charge is 0.273 e. The summed E-state index contributed by atoms with van der Waals surface area (Å²) in [6, 6.07) is 9.59. The van der Waals surface area contributed by atoms with E-state index in [0.717, 1.165) is 0 Å². The van der Waals surface area contributed by atoms with Gasteiger partial charge in [0.2, 0.25) is 11.7 Å². The van der Waals surface area contributed by atoms with Crippen LogP contribution in [0.4, 0.5) is 5.69 Å². The number of methoxy groups -OCH3 is 2. The zero-order valence-electron chi connectivity index (χ0n) is 16.9. The maximum Gasteiger partial charge on any atom is 0.273 e. The molecule has 3 aromatic rings. The van der Waals surface area contributed by atoms with Crippen molar-refractivity contribution in [3.63, 3.8) is 0 Å². The third-order valence-electron chi connectivity index (χ3n) is 4.56. The lowest BCUT2D eigenvalue weighted by molar-refractivity contribution is -0.385. The Kier molecular flexibility index (Phi) is 5.95. The summed E-state index contributed by atoms with van der Waals surface area (Å²) in [6.07, 6.45) is 0. The number of benzene rings is 2. The first-order valence-electron chi connectivity index (χ1n) is 8.90. The van der Waals surface area contributed by atoms with Gasteiger partial charge in [-0.15, -0.1) is 0 Å². The van der Waals surface area contributed by atoms with Crippen LogP contribution in [0.15, 0.2) is 40.9 Å². The summed E-state index contributed by atoms with van der Waals surface area (Å²) >= 11 is 0. The molecule has 0 saturated heterocycles. The standard InChI is InChI=1S/C20H20N4O6/c1-12-14(6-5-7-15(12)24(26)27)20(25)23(2)11-18-21-19(22-30-18)13-8-9-16(28-3)17(10-13)29-4/h5-10H,11H2,1-4H3. The Hall–Kier alpha value is -3.95. The zero-order valence-corrected chi connectivity index (χ0v) is 16.9. The highest BCUT2D eigenvalue weighted by molar-refractivity contribution is 5.96. The van der Waals surface area contributed by atoms with Crippen LogP contribution < -0.4 is 9.47 Å². The summed E-state index contributed by atoms with van der Waals surface area (Å²) in [5, 5.41) is 15.1. The van der Waals surface area contributed by atoms with Crippen LogP contribution >= 0.6 is 0 Å². The molecule has 0 fully saturated rings. The second-order valence-corrected chi connectivity index (χ2v) is 6.45. The fourth-order valence-corrected chi connectivity index (χ4v) is 2.94. The Balaban J connectivity index is 1.78. The molecule has 0 radical (unpaired) electrons. The molecule has 0 aliphatic heterocycles. The van der Waals surface area contributed by atoms with Crippen molar-refractivity contribution in [2.24, 2.45) is 0 Å². The molecule has 0 bridgehead atoms. The molecule has 2 aromatic carbocycles. The number of ether oxygens (including phenoxy) is 2. The van der Waals surface area contributed by atoms with Crippen LogP contribution in [-0.2, 0) is 6.54 Å². The summed E-state index contributed by atoms with van der Waals surface area (Å²) in [6.45, 7) is 1.59. The van der Waals surface area contributed by atoms with Gasteiger partial charge in [-0.1, -0.05) is 11.2 Å². The van der Waals surface area contributed by atoms with E-state index >= 15 is 0 Å². The summed E-state index contributed by atoms with van der Waals surface area (Å²) in [5.41, 5.74) is 1.09. The fourth-order valence-electron chi connectivity index (χ4n) is 2.94. The topological polar surface area (TPSA) is 121 Å². The molecule has 0 saturated carbocycles. The first-order valence-corrected chi connectivity index (χ1v) is 8.90. The van der Waals surface area contributed by atoms with E-state index < -0.39 is 4.92 Å². The third kappa shape index (κ3) is 4.07. The average molecular weight is 412 g/mol. The second kappa shape index (κ2) is 8.60. The Morgan fingerprint density at radius 2 is 1.93 bits per heavy atom. The molecular weight excluding hydrogens is 392 g/mol.